The van der Waals surface area contributed by atoms with Crippen LogP contribution in [0.2, 0.25) is 5.02 Å². The SMILES string of the molecule is Cc1cc(NC(=O)COC(=O)c2ccccc2NC(=O)c2ccc([N+](=O)[O-])cc2Cl)n(C)n1. The quantitative estimate of drug-likeness (QED) is 0.305. The van der Waals surface area contributed by atoms with E-state index in [2.05, 4.69) is 15.7 Å². The van der Waals surface area contributed by atoms with Crippen LogP contribution in [0.4, 0.5) is 17.2 Å². The Balaban J connectivity index is 1.67. The van der Waals surface area contributed by atoms with Crippen LogP contribution in [0.5, 0.6) is 0 Å². The lowest BCUT2D eigenvalue weighted by Gasteiger charge is -2.12. The smallest absolute Gasteiger partial charge is 0.340 e. The summed E-state index contributed by atoms with van der Waals surface area (Å²) < 4.78 is 6.54. The summed E-state index contributed by atoms with van der Waals surface area (Å²) in [7, 11) is 1.66. The number of nitro benzene ring substituents is 1. The highest BCUT2D eigenvalue weighted by molar-refractivity contribution is 6.34. The largest absolute Gasteiger partial charge is 0.452 e. The van der Waals surface area contributed by atoms with Gasteiger partial charge in [0.1, 0.15) is 5.82 Å². The van der Waals surface area contributed by atoms with Gasteiger partial charge >= 0.3 is 5.97 Å². The van der Waals surface area contributed by atoms with Crippen molar-refractivity contribution in [3.05, 3.63) is 80.5 Å². The van der Waals surface area contributed by atoms with E-state index in [9.17, 15) is 24.5 Å². The average molecular weight is 472 g/mol. The minimum atomic E-state index is -0.836. The fourth-order valence-corrected chi connectivity index (χ4v) is 3.14. The zero-order valence-corrected chi connectivity index (χ0v) is 18.3. The third-order valence-electron chi connectivity index (χ3n) is 4.41. The van der Waals surface area contributed by atoms with E-state index in [1.807, 2.05) is 0 Å². The molecule has 2 N–H and O–H groups in total. The molecule has 0 radical (unpaired) electrons. The van der Waals surface area contributed by atoms with Crippen LogP contribution < -0.4 is 10.6 Å². The Hall–Kier alpha value is -4.25. The van der Waals surface area contributed by atoms with Crippen LogP contribution in [0.25, 0.3) is 0 Å². The number of aromatic nitrogens is 2. The molecule has 170 valence electrons. The zero-order valence-electron chi connectivity index (χ0n) is 17.5. The molecule has 0 saturated carbocycles. The number of non-ortho nitro benzene ring substituents is 1. The molecule has 3 aromatic rings. The van der Waals surface area contributed by atoms with Crippen LogP contribution in [-0.2, 0) is 16.6 Å². The van der Waals surface area contributed by atoms with Crippen LogP contribution in [-0.4, -0.2) is 39.1 Å². The summed E-state index contributed by atoms with van der Waals surface area (Å²) in [5, 5.41) is 19.9. The van der Waals surface area contributed by atoms with Crippen LogP contribution in [0.3, 0.4) is 0 Å². The highest BCUT2D eigenvalue weighted by atomic mass is 35.5. The third-order valence-corrected chi connectivity index (χ3v) is 4.72. The van der Waals surface area contributed by atoms with E-state index in [0.29, 0.717) is 11.5 Å². The Labute approximate surface area is 192 Å². The molecule has 0 unspecified atom stereocenters. The molecular formula is C21H18ClN5O6. The Morgan fingerprint density at radius 2 is 1.85 bits per heavy atom. The molecule has 0 atom stereocenters. The molecule has 1 heterocycles. The van der Waals surface area contributed by atoms with E-state index < -0.39 is 29.3 Å². The van der Waals surface area contributed by atoms with Gasteiger partial charge < -0.3 is 15.4 Å². The second-order valence-electron chi connectivity index (χ2n) is 6.84. The highest BCUT2D eigenvalue weighted by Crippen LogP contribution is 2.24. The maximum absolute atomic E-state index is 12.6. The number of aryl methyl sites for hydroxylation is 2. The Kier molecular flexibility index (Phi) is 7.04. The summed E-state index contributed by atoms with van der Waals surface area (Å²) in [5.41, 5.74) is 0.552. The van der Waals surface area contributed by atoms with Crippen LogP contribution in [0.15, 0.2) is 48.5 Å². The van der Waals surface area contributed by atoms with Crippen molar-refractivity contribution >= 4 is 46.6 Å². The Morgan fingerprint density at radius 1 is 1.12 bits per heavy atom. The summed E-state index contributed by atoms with van der Waals surface area (Å²) in [6, 6.07) is 11.1. The fourth-order valence-electron chi connectivity index (χ4n) is 2.88. The average Bonchev–Trinajstić information content (AvgIpc) is 3.08. The van der Waals surface area contributed by atoms with E-state index in [-0.39, 0.29) is 27.5 Å². The zero-order chi connectivity index (χ0) is 24.1. The van der Waals surface area contributed by atoms with Crippen LogP contribution in [0.1, 0.15) is 26.4 Å². The lowest BCUT2D eigenvalue weighted by molar-refractivity contribution is -0.384. The number of halogens is 1. The number of esters is 1. The lowest BCUT2D eigenvalue weighted by Crippen LogP contribution is -2.23. The maximum atomic E-state index is 12.6. The number of benzene rings is 2. The number of anilines is 2. The number of nitrogens with one attached hydrogen (secondary N) is 2. The van der Waals surface area contributed by atoms with E-state index >= 15 is 0 Å². The molecule has 0 fully saturated rings. The lowest BCUT2D eigenvalue weighted by atomic mass is 10.1. The molecule has 0 aliphatic rings. The molecule has 2 aromatic carbocycles. The number of rotatable bonds is 7. The number of hydrogen-bond donors (Lipinski definition) is 2. The molecule has 0 aliphatic heterocycles. The fraction of sp³-hybridized carbons (Fsp3) is 0.143. The number of carbonyl (C=O) groups excluding carboxylic acids is 3. The van der Waals surface area contributed by atoms with Crippen molar-refractivity contribution in [3.63, 3.8) is 0 Å². The van der Waals surface area contributed by atoms with Gasteiger partial charge in [0.15, 0.2) is 6.61 Å². The van der Waals surface area contributed by atoms with E-state index in [1.54, 1.807) is 32.2 Å². The van der Waals surface area contributed by atoms with Gasteiger partial charge in [0.05, 0.1) is 32.5 Å². The summed E-state index contributed by atoms with van der Waals surface area (Å²) in [4.78, 5) is 47.4. The van der Waals surface area contributed by atoms with E-state index in [4.69, 9.17) is 16.3 Å². The molecule has 0 spiro atoms. The number of nitro groups is 1. The topological polar surface area (TPSA) is 145 Å². The number of carbonyl (C=O) groups is 3. The van der Waals surface area contributed by atoms with Crippen molar-refractivity contribution < 1.29 is 24.0 Å². The van der Waals surface area contributed by atoms with Gasteiger partial charge in [-0.3, -0.25) is 24.4 Å². The summed E-state index contributed by atoms with van der Waals surface area (Å²) >= 11 is 5.99. The summed E-state index contributed by atoms with van der Waals surface area (Å²) in [5.74, 6) is -1.64. The first-order valence-corrected chi connectivity index (χ1v) is 9.85. The van der Waals surface area contributed by atoms with Gasteiger partial charge in [-0.05, 0) is 25.1 Å². The minimum absolute atomic E-state index is 0.00746. The van der Waals surface area contributed by atoms with Gasteiger partial charge in [-0.1, -0.05) is 23.7 Å². The first-order chi connectivity index (χ1) is 15.7. The first-order valence-electron chi connectivity index (χ1n) is 9.47. The molecule has 12 heteroatoms. The van der Waals surface area contributed by atoms with Crippen molar-refractivity contribution in [2.45, 2.75) is 6.92 Å². The Morgan fingerprint density at radius 3 is 2.48 bits per heavy atom. The maximum Gasteiger partial charge on any atom is 0.340 e. The van der Waals surface area contributed by atoms with E-state index in [0.717, 1.165) is 12.1 Å². The number of para-hydroxylation sites is 1. The second kappa shape index (κ2) is 9.92. The standard InChI is InChI=1S/C21H18ClN5O6/c1-12-9-18(26(2)25-12)24-19(28)11-33-21(30)15-5-3-4-6-17(15)23-20(29)14-8-7-13(27(31)32)10-16(14)22/h3-10H,11H2,1-2H3,(H,23,29)(H,24,28). The van der Waals surface area contributed by atoms with Gasteiger partial charge in [0.2, 0.25) is 0 Å². The summed E-state index contributed by atoms with van der Waals surface area (Å²) in [6.07, 6.45) is 0. The van der Waals surface area contributed by atoms with Crippen molar-refractivity contribution in [1.82, 2.24) is 9.78 Å². The number of amides is 2. The van der Waals surface area contributed by atoms with Gasteiger partial charge in [-0.15, -0.1) is 0 Å². The normalized spacial score (nSPS) is 10.4. The molecule has 2 amide bonds. The number of ether oxygens (including phenoxy) is 1. The van der Waals surface area contributed by atoms with Crippen molar-refractivity contribution in [2.75, 3.05) is 17.2 Å². The van der Waals surface area contributed by atoms with Gasteiger partial charge in [0.25, 0.3) is 17.5 Å². The third kappa shape index (κ3) is 5.71. The number of nitrogens with zero attached hydrogens (tertiary/aromatic N) is 3. The van der Waals surface area contributed by atoms with Gasteiger partial charge in [-0.2, -0.15) is 5.10 Å². The minimum Gasteiger partial charge on any atom is -0.452 e. The van der Waals surface area contributed by atoms with Crippen molar-refractivity contribution in [1.29, 1.82) is 0 Å². The first kappa shape index (κ1) is 23.4. The van der Waals surface area contributed by atoms with Gasteiger partial charge in [0, 0.05) is 25.2 Å². The molecule has 0 saturated heterocycles. The molecule has 11 nitrogen and oxygen atoms in total. The second-order valence-corrected chi connectivity index (χ2v) is 7.25. The van der Waals surface area contributed by atoms with Gasteiger partial charge in [-0.25, -0.2) is 4.79 Å². The molecule has 33 heavy (non-hydrogen) atoms. The van der Waals surface area contributed by atoms with Crippen molar-refractivity contribution in [3.8, 4) is 0 Å². The monoisotopic (exact) mass is 471 g/mol. The predicted octanol–water partition coefficient (Wildman–Crippen LogP) is 3.34. The molecule has 1 aromatic heterocycles. The molecule has 3 rings (SSSR count). The van der Waals surface area contributed by atoms with Crippen LogP contribution in [0, 0.1) is 17.0 Å². The van der Waals surface area contributed by atoms with Crippen molar-refractivity contribution in [2.24, 2.45) is 7.05 Å². The predicted molar refractivity (Wildman–Crippen MR) is 119 cm³/mol. The molecule has 0 aliphatic carbocycles. The molecule has 0 bridgehead atoms. The molecular weight excluding hydrogens is 454 g/mol. The van der Waals surface area contributed by atoms with E-state index in [1.165, 1.54) is 22.9 Å². The summed E-state index contributed by atoms with van der Waals surface area (Å²) in [6.45, 7) is 1.21. The Bertz CT molecular complexity index is 1260. The number of hydrogen-bond acceptors (Lipinski definition) is 7. The van der Waals surface area contributed by atoms with Crippen LogP contribution >= 0.6 is 11.6 Å². The highest BCUT2D eigenvalue weighted by Gasteiger charge is 2.19.